The van der Waals surface area contributed by atoms with Crippen LogP contribution in [0.3, 0.4) is 0 Å². The summed E-state index contributed by atoms with van der Waals surface area (Å²) in [6.07, 6.45) is 1.32. The van der Waals surface area contributed by atoms with Crippen LogP contribution in [0.1, 0.15) is 39.7 Å². The summed E-state index contributed by atoms with van der Waals surface area (Å²) in [5.74, 6) is -0.914. The summed E-state index contributed by atoms with van der Waals surface area (Å²) in [4.78, 5) is 28.1. The van der Waals surface area contributed by atoms with Crippen LogP contribution in [0.25, 0.3) is 0 Å². The Morgan fingerprint density at radius 1 is 1.00 bits per heavy atom. The normalized spacial score (nSPS) is 12.7. The Balaban J connectivity index is 2.48. The summed E-state index contributed by atoms with van der Waals surface area (Å²) < 4.78 is 26.2. The van der Waals surface area contributed by atoms with Gasteiger partial charge in [-0.25, -0.2) is 8.42 Å². The molecular weight excluding hydrogens is 533 g/mol. The van der Waals surface area contributed by atoms with Crippen LogP contribution in [0.2, 0.25) is 15.1 Å². The second kappa shape index (κ2) is 11.8. The van der Waals surface area contributed by atoms with Gasteiger partial charge in [-0.2, -0.15) is 0 Å². The molecule has 0 bridgehead atoms. The number of nitrogens with zero attached hydrogens (tertiary/aromatic N) is 2. The first-order valence-electron chi connectivity index (χ1n) is 10.9. The number of carbonyl (C=O) groups is 2. The molecule has 192 valence electrons. The van der Waals surface area contributed by atoms with E-state index in [0.29, 0.717) is 27.1 Å². The van der Waals surface area contributed by atoms with Gasteiger partial charge < -0.3 is 10.2 Å². The van der Waals surface area contributed by atoms with E-state index in [9.17, 15) is 18.0 Å². The number of anilines is 1. The average molecular weight is 563 g/mol. The summed E-state index contributed by atoms with van der Waals surface area (Å²) in [5.41, 5.74) is 0.324. The number of amides is 2. The maximum absolute atomic E-state index is 13.6. The lowest BCUT2D eigenvalue weighted by atomic mass is 10.1. The Morgan fingerprint density at radius 2 is 1.57 bits per heavy atom. The third kappa shape index (κ3) is 8.56. The minimum absolute atomic E-state index is 0.0108. The van der Waals surface area contributed by atoms with Gasteiger partial charge in [-0.1, -0.05) is 47.8 Å². The molecule has 0 radical (unpaired) electrons. The third-order valence-electron chi connectivity index (χ3n) is 5.03. The predicted octanol–water partition coefficient (Wildman–Crippen LogP) is 5.13. The van der Waals surface area contributed by atoms with E-state index in [2.05, 4.69) is 5.32 Å². The highest BCUT2D eigenvalue weighted by Gasteiger charge is 2.33. The van der Waals surface area contributed by atoms with Crippen LogP contribution in [0.4, 0.5) is 5.69 Å². The Bertz CT molecular complexity index is 1170. The molecule has 11 heteroatoms. The Kier molecular flexibility index (Phi) is 9.87. The lowest BCUT2D eigenvalue weighted by Gasteiger charge is -2.34. The van der Waals surface area contributed by atoms with Gasteiger partial charge in [0, 0.05) is 27.2 Å². The van der Waals surface area contributed by atoms with Gasteiger partial charge in [0.15, 0.2) is 0 Å². The lowest BCUT2D eigenvalue weighted by molar-refractivity contribution is -0.141. The van der Waals surface area contributed by atoms with Crippen LogP contribution in [0.5, 0.6) is 0 Å². The minimum atomic E-state index is -3.83. The van der Waals surface area contributed by atoms with E-state index in [1.807, 2.05) is 20.8 Å². The van der Waals surface area contributed by atoms with Crippen LogP contribution >= 0.6 is 34.8 Å². The molecule has 0 aliphatic carbocycles. The molecule has 0 aliphatic rings. The number of benzene rings is 2. The van der Waals surface area contributed by atoms with E-state index in [1.54, 1.807) is 25.1 Å². The van der Waals surface area contributed by atoms with Gasteiger partial charge in [0.2, 0.25) is 21.8 Å². The molecule has 0 unspecified atom stereocenters. The fraction of sp³-hybridized carbons (Fsp3) is 0.417. The number of halogens is 3. The van der Waals surface area contributed by atoms with Gasteiger partial charge in [0.05, 0.1) is 11.9 Å². The predicted molar refractivity (Wildman–Crippen MR) is 143 cm³/mol. The van der Waals surface area contributed by atoms with Gasteiger partial charge in [-0.15, -0.1) is 0 Å². The number of carbonyl (C=O) groups excluding carboxylic acids is 2. The summed E-state index contributed by atoms with van der Waals surface area (Å²) in [5, 5.41) is 4.09. The van der Waals surface area contributed by atoms with Gasteiger partial charge >= 0.3 is 0 Å². The van der Waals surface area contributed by atoms with E-state index < -0.39 is 34.1 Å². The van der Waals surface area contributed by atoms with Crippen molar-refractivity contribution in [3.63, 3.8) is 0 Å². The third-order valence-corrected chi connectivity index (χ3v) is 7.01. The summed E-state index contributed by atoms with van der Waals surface area (Å²) in [6, 6.07) is 10.1. The van der Waals surface area contributed by atoms with Crippen molar-refractivity contribution in [2.75, 3.05) is 17.1 Å². The molecular formula is C24H30Cl3N3O4S. The zero-order valence-electron chi connectivity index (χ0n) is 20.3. The van der Waals surface area contributed by atoms with Gasteiger partial charge in [-0.3, -0.25) is 13.9 Å². The highest BCUT2D eigenvalue weighted by molar-refractivity contribution is 7.92. The second-order valence-electron chi connectivity index (χ2n) is 9.17. The van der Waals surface area contributed by atoms with Gasteiger partial charge in [0.25, 0.3) is 0 Å². The monoisotopic (exact) mass is 561 g/mol. The molecule has 0 heterocycles. The van der Waals surface area contributed by atoms with Crippen LogP contribution in [-0.4, -0.2) is 49.5 Å². The first-order chi connectivity index (χ1) is 16.1. The largest absolute Gasteiger partial charge is 0.350 e. The Morgan fingerprint density at radius 3 is 2.06 bits per heavy atom. The van der Waals surface area contributed by atoms with E-state index in [0.717, 1.165) is 10.6 Å². The highest BCUT2D eigenvalue weighted by Crippen LogP contribution is 2.25. The SMILES string of the molecule is CC[C@@H](C(=O)NC(C)(C)C)N(Cc1ccc(Cl)cc1Cl)C(=O)CN(c1ccc(Cl)cc1)S(C)(=O)=O. The average Bonchev–Trinajstić information content (AvgIpc) is 2.72. The second-order valence-corrected chi connectivity index (χ2v) is 12.4. The maximum Gasteiger partial charge on any atom is 0.244 e. The van der Waals surface area contributed by atoms with Crippen LogP contribution in [-0.2, 0) is 26.2 Å². The minimum Gasteiger partial charge on any atom is -0.350 e. The van der Waals surface area contributed by atoms with Crippen molar-refractivity contribution in [2.45, 2.75) is 52.2 Å². The van der Waals surface area contributed by atoms with Crippen LogP contribution < -0.4 is 9.62 Å². The van der Waals surface area contributed by atoms with Crippen molar-refractivity contribution < 1.29 is 18.0 Å². The molecule has 0 aliphatic heterocycles. The van der Waals surface area contributed by atoms with E-state index in [-0.39, 0.29) is 18.1 Å². The summed E-state index contributed by atoms with van der Waals surface area (Å²) in [6.45, 7) is 6.78. The van der Waals surface area contributed by atoms with E-state index in [4.69, 9.17) is 34.8 Å². The molecule has 0 aromatic heterocycles. The quantitative estimate of drug-likeness (QED) is 0.459. The molecule has 35 heavy (non-hydrogen) atoms. The topological polar surface area (TPSA) is 86.8 Å². The maximum atomic E-state index is 13.6. The zero-order chi connectivity index (χ0) is 26.6. The van der Waals surface area contributed by atoms with Crippen molar-refractivity contribution in [1.82, 2.24) is 10.2 Å². The van der Waals surface area contributed by atoms with Crippen molar-refractivity contribution >= 4 is 62.3 Å². The smallest absolute Gasteiger partial charge is 0.244 e. The summed E-state index contributed by atoms with van der Waals surface area (Å²) in [7, 11) is -3.83. The molecule has 1 atom stereocenters. The van der Waals surface area contributed by atoms with Crippen molar-refractivity contribution in [3.05, 3.63) is 63.1 Å². The molecule has 0 saturated heterocycles. The molecule has 1 N–H and O–H groups in total. The number of nitrogens with one attached hydrogen (secondary N) is 1. The number of sulfonamides is 1. The Labute approximate surface area is 222 Å². The van der Waals surface area contributed by atoms with Gasteiger partial charge in [0.1, 0.15) is 12.6 Å². The van der Waals surface area contributed by atoms with Crippen molar-refractivity contribution in [1.29, 1.82) is 0 Å². The van der Waals surface area contributed by atoms with E-state index in [1.165, 1.54) is 29.2 Å². The lowest BCUT2D eigenvalue weighted by Crippen LogP contribution is -2.55. The number of hydrogen-bond donors (Lipinski definition) is 1. The van der Waals surface area contributed by atoms with Crippen LogP contribution in [0, 0.1) is 0 Å². The van der Waals surface area contributed by atoms with Crippen molar-refractivity contribution in [2.24, 2.45) is 0 Å². The molecule has 0 saturated carbocycles. The first kappa shape index (κ1) is 29.2. The zero-order valence-corrected chi connectivity index (χ0v) is 23.4. The molecule has 2 rings (SSSR count). The molecule has 0 spiro atoms. The summed E-state index contributed by atoms with van der Waals surface area (Å²) >= 11 is 18.3. The Hall–Kier alpha value is -2.00. The van der Waals surface area contributed by atoms with Gasteiger partial charge in [-0.05, 0) is 69.2 Å². The fourth-order valence-electron chi connectivity index (χ4n) is 3.43. The molecule has 2 amide bonds. The van der Waals surface area contributed by atoms with Crippen molar-refractivity contribution in [3.8, 4) is 0 Å². The first-order valence-corrected chi connectivity index (χ1v) is 13.9. The van der Waals surface area contributed by atoms with Crippen LogP contribution in [0.15, 0.2) is 42.5 Å². The molecule has 2 aromatic rings. The highest BCUT2D eigenvalue weighted by atomic mass is 35.5. The molecule has 2 aromatic carbocycles. The molecule has 7 nitrogen and oxygen atoms in total. The number of hydrogen-bond acceptors (Lipinski definition) is 4. The standard InChI is InChI=1S/C24H30Cl3N3O4S/c1-6-21(23(32)28-24(2,3)4)29(14-16-7-8-18(26)13-20(16)27)22(31)15-30(35(5,33)34)19-11-9-17(25)10-12-19/h7-13,21H,6,14-15H2,1-5H3,(H,28,32)/t21-/m0/s1. The fourth-order valence-corrected chi connectivity index (χ4v) is 4.87. The molecule has 0 fully saturated rings. The van der Waals surface area contributed by atoms with E-state index >= 15 is 0 Å². The number of rotatable bonds is 9.